The Labute approximate surface area is 96.5 Å². The molecule has 1 fully saturated rings. The van der Waals surface area contributed by atoms with Gasteiger partial charge >= 0.3 is 0 Å². The third-order valence-corrected chi connectivity index (χ3v) is 3.19. The number of halogens is 1. The molecular formula is C13H19FN2. The number of rotatable bonds is 3. The molecule has 0 bridgehead atoms. The van der Waals surface area contributed by atoms with Crippen LogP contribution in [0.4, 0.5) is 4.39 Å². The molecule has 1 aliphatic heterocycles. The highest BCUT2D eigenvalue weighted by Crippen LogP contribution is 2.16. The van der Waals surface area contributed by atoms with Gasteiger partial charge in [0.2, 0.25) is 0 Å². The van der Waals surface area contributed by atoms with Gasteiger partial charge in [0, 0.05) is 38.3 Å². The summed E-state index contributed by atoms with van der Waals surface area (Å²) in [6.07, 6.45) is 0.902. The second-order valence-corrected chi connectivity index (χ2v) is 4.26. The number of aryl methyl sites for hydroxylation is 1. The average molecular weight is 222 g/mol. The summed E-state index contributed by atoms with van der Waals surface area (Å²) in [5.74, 6) is -0.0575. The summed E-state index contributed by atoms with van der Waals surface area (Å²) in [6.45, 7) is 6.87. The Balaban J connectivity index is 2.12. The highest BCUT2D eigenvalue weighted by molar-refractivity contribution is 5.28. The van der Waals surface area contributed by atoms with Gasteiger partial charge < -0.3 is 5.32 Å². The van der Waals surface area contributed by atoms with Gasteiger partial charge in [0.05, 0.1) is 0 Å². The maximum Gasteiger partial charge on any atom is 0.127 e. The average Bonchev–Trinajstić information content (AvgIpc) is 2.33. The summed E-state index contributed by atoms with van der Waals surface area (Å²) in [5.41, 5.74) is 2.02. The van der Waals surface area contributed by atoms with E-state index in [2.05, 4.69) is 17.1 Å². The minimum atomic E-state index is -0.0575. The second kappa shape index (κ2) is 5.41. The van der Waals surface area contributed by atoms with Crippen LogP contribution >= 0.6 is 0 Å². The molecule has 88 valence electrons. The minimum Gasteiger partial charge on any atom is -0.314 e. The van der Waals surface area contributed by atoms with Crippen LogP contribution in [0.25, 0.3) is 0 Å². The van der Waals surface area contributed by atoms with Gasteiger partial charge in [0.1, 0.15) is 5.82 Å². The maximum absolute atomic E-state index is 13.7. The van der Waals surface area contributed by atoms with Crippen LogP contribution in [0.1, 0.15) is 18.1 Å². The van der Waals surface area contributed by atoms with Crippen LogP contribution in [0, 0.1) is 5.82 Å². The van der Waals surface area contributed by atoms with E-state index in [0.29, 0.717) is 0 Å². The molecule has 0 amide bonds. The van der Waals surface area contributed by atoms with E-state index >= 15 is 0 Å². The van der Waals surface area contributed by atoms with E-state index in [1.807, 2.05) is 6.07 Å². The molecular weight excluding hydrogens is 203 g/mol. The van der Waals surface area contributed by atoms with Crippen LogP contribution in [-0.2, 0) is 13.0 Å². The Morgan fingerprint density at radius 3 is 2.75 bits per heavy atom. The molecule has 0 aromatic heterocycles. The van der Waals surface area contributed by atoms with Crippen molar-refractivity contribution in [3.63, 3.8) is 0 Å². The smallest absolute Gasteiger partial charge is 0.127 e. The van der Waals surface area contributed by atoms with Gasteiger partial charge in [-0.25, -0.2) is 4.39 Å². The van der Waals surface area contributed by atoms with E-state index in [4.69, 9.17) is 0 Å². The van der Waals surface area contributed by atoms with Gasteiger partial charge in [0.15, 0.2) is 0 Å². The van der Waals surface area contributed by atoms with Crippen molar-refractivity contribution in [2.45, 2.75) is 19.9 Å². The van der Waals surface area contributed by atoms with Crippen LogP contribution < -0.4 is 5.32 Å². The van der Waals surface area contributed by atoms with Crippen molar-refractivity contribution in [2.24, 2.45) is 0 Å². The van der Waals surface area contributed by atoms with Crippen LogP contribution in [0.5, 0.6) is 0 Å². The van der Waals surface area contributed by atoms with Gasteiger partial charge in [0.25, 0.3) is 0 Å². The third kappa shape index (κ3) is 2.60. The summed E-state index contributed by atoms with van der Waals surface area (Å²) in [7, 11) is 0. The lowest BCUT2D eigenvalue weighted by atomic mass is 10.0. The Bertz CT molecular complexity index is 346. The van der Waals surface area contributed by atoms with Gasteiger partial charge in [-0.2, -0.15) is 0 Å². The fourth-order valence-corrected chi connectivity index (χ4v) is 2.20. The van der Waals surface area contributed by atoms with Gasteiger partial charge in [-0.3, -0.25) is 4.90 Å². The molecule has 1 aliphatic rings. The number of nitrogens with zero attached hydrogens (tertiary/aromatic N) is 1. The normalized spacial score (nSPS) is 17.6. The number of nitrogens with one attached hydrogen (secondary N) is 1. The molecule has 0 atom stereocenters. The predicted molar refractivity (Wildman–Crippen MR) is 63.9 cm³/mol. The third-order valence-electron chi connectivity index (χ3n) is 3.19. The quantitative estimate of drug-likeness (QED) is 0.839. The van der Waals surface area contributed by atoms with E-state index in [1.54, 1.807) is 12.1 Å². The van der Waals surface area contributed by atoms with Crippen molar-refractivity contribution < 1.29 is 4.39 Å². The van der Waals surface area contributed by atoms with Gasteiger partial charge in [-0.1, -0.05) is 19.1 Å². The highest BCUT2D eigenvalue weighted by atomic mass is 19.1. The lowest BCUT2D eigenvalue weighted by Gasteiger charge is -2.28. The van der Waals surface area contributed by atoms with Crippen molar-refractivity contribution in [3.05, 3.63) is 35.1 Å². The molecule has 2 rings (SSSR count). The lowest BCUT2D eigenvalue weighted by molar-refractivity contribution is 0.230. The van der Waals surface area contributed by atoms with Crippen LogP contribution in [0.15, 0.2) is 18.2 Å². The minimum absolute atomic E-state index is 0.0575. The molecule has 1 aromatic rings. The molecule has 1 heterocycles. The summed E-state index contributed by atoms with van der Waals surface area (Å²) in [4.78, 5) is 2.31. The Morgan fingerprint density at radius 1 is 1.31 bits per heavy atom. The fourth-order valence-electron chi connectivity index (χ4n) is 2.20. The molecule has 1 N–H and O–H groups in total. The summed E-state index contributed by atoms with van der Waals surface area (Å²) < 4.78 is 13.7. The summed E-state index contributed by atoms with van der Waals surface area (Å²) in [6, 6.07) is 5.40. The maximum atomic E-state index is 13.7. The number of hydrogen-bond donors (Lipinski definition) is 1. The second-order valence-electron chi connectivity index (χ2n) is 4.26. The van der Waals surface area contributed by atoms with E-state index in [0.717, 1.165) is 50.3 Å². The number of hydrogen-bond acceptors (Lipinski definition) is 2. The first-order valence-electron chi connectivity index (χ1n) is 6.00. The van der Waals surface area contributed by atoms with E-state index in [9.17, 15) is 4.39 Å². The zero-order valence-corrected chi connectivity index (χ0v) is 9.80. The fraction of sp³-hybridized carbons (Fsp3) is 0.538. The molecule has 2 nitrogen and oxygen atoms in total. The first kappa shape index (κ1) is 11.6. The largest absolute Gasteiger partial charge is 0.314 e. The molecule has 0 aliphatic carbocycles. The number of benzene rings is 1. The number of piperazine rings is 1. The van der Waals surface area contributed by atoms with Crippen molar-refractivity contribution in [1.82, 2.24) is 10.2 Å². The first-order valence-corrected chi connectivity index (χ1v) is 6.00. The van der Waals surface area contributed by atoms with Gasteiger partial charge in [-0.05, 0) is 18.1 Å². The van der Waals surface area contributed by atoms with Crippen molar-refractivity contribution in [1.29, 1.82) is 0 Å². The molecule has 0 unspecified atom stereocenters. The zero-order chi connectivity index (χ0) is 11.4. The predicted octanol–water partition coefficient (Wildman–Crippen LogP) is 1.79. The first-order chi connectivity index (χ1) is 7.81. The zero-order valence-electron chi connectivity index (χ0n) is 9.80. The van der Waals surface area contributed by atoms with Crippen molar-refractivity contribution >= 4 is 0 Å². The molecule has 16 heavy (non-hydrogen) atoms. The van der Waals surface area contributed by atoms with Crippen molar-refractivity contribution in [3.8, 4) is 0 Å². The molecule has 1 aromatic carbocycles. The Hall–Kier alpha value is -0.930. The topological polar surface area (TPSA) is 15.3 Å². The van der Waals surface area contributed by atoms with Crippen molar-refractivity contribution in [2.75, 3.05) is 26.2 Å². The van der Waals surface area contributed by atoms with Crippen LogP contribution in [0.3, 0.4) is 0 Å². The van der Waals surface area contributed by atoms with Crippen LogP contribution in [0.2, 0.25) is 0 Å². The molecule has 0 radical (unpaired) electrons. The Morgan fingerprint density at radius 2 is 2.06 bits per heavy atom. The lowest BCUT2D eigenvalue weighted by Crippen LogP contribution is -2.43. The highest BCUT2D eigenvalue weighted by Gasteiger charge is 2.14. The van der Waals surface area contributed by atoms with Crippen LogP contribution in [-0.4, -0.2) is 31.1 Å². The standard InChI is InChI=1S/C13H19FN2/c1-2-11-4-3-5-13(14)12(11)10-16-8-6-15-7-9-16/h3-5,15H,2,6-10H2,1H3. The Kier molecular flexibility index (Phi) is 3.91. The molecule has 0 spiro atoms. The van der Waals surface area contributed by atoms with E-state index in [1.165, 1.54) is 0 Å². The molecule has 1 saturated heterocycles. The van der Waals surface area contributed by atoms with Gasteiger partial charge in [-0.15, -0.1) is 0 Å². The molecule has 0 saturated carbocycles. The summed E-state index contributed by atoms with van der Waals surface area (Å²) in [5, 5.41) is 3.31. The SMILES string of the molecule is CCc1cccc(F)c1CN1CCNCC1. The summed E-state index contributed by atoms with van der Waals surface area (Å²) >= 11 is 0. The van der Waals surface area contributed by atoms with E-state index in [-0.39, 0.29) is 5.82 Å². The molecule has 3 heteroatoms. The monoisotopic (exact) mass is 222 g/mol. The van der Waals surface area contributed by atoms with E-state index < -0.39 is 0 Å².